The van der Waals surface area contributed by atoms with E-state index in [-0.39, 0.29) is 4.75 Å². The van der Waals surface area contributed by atoms with Gasteiger partial charge in [0.05, 0.1) is 9.74 Å². The van der Waals surface area contributed by atoms with Crippen molar-refractivity contribution >= 4 is 39.2 Å². The molecule has 2 rings (SSSR count). The Kier molecular flexibility index (Phi) is 4.77. The van der Waals surface area contributed by atoms with Crippen LogP contribution < -0.4 is 5.73 Å². The predicted molar refractivity (Wildman–Crippen MR) is 83.6 cm³/mol. The fourth-order valence-electron chi connectivity index (χ4n) is 2.71. The smallest absolute Gasteiger partial charge is 0.281 e. The van der Waals surface area contributed by atoms with E-state index in [1.807, 2.05) is 6.26 Å². The zero-order chi connectivity index (χ0) is 14.1. The minimum Gasteiger partial charge on any atom is -0.392 e. The van der Waals surface area contributed by atoms with Crippen molar-refractivity contribution in [2.45, 2.75) is 30.4 Å². The van der Waals surface area contributed by atoms with Crippen molar-refractivity contribution in [3.8, 4) is 0 Å². The van der Waals surface area contributed by atoms with Gasteiger partial charge in [-0.25, -0.2) is 0 Å². The molecule has 0 aromatic rings. The van der Waals surface area contributed by atoms with E-state index in [1.165, 1.54) is 0 Å². The van der Waals surface area contributed by atoms with Crippen LogP contribution in [-0.4, -0.2) is 59.2 Å². The maximum Gasteiger partial charge on any atom is 0.281 e. The van der Waals surface area contributed by atoms with Crippen LogP contribution in [0.1, 0.15) is 25.7 Å². The monoisotopic (exact) mass is 323 g/mol. The zero-order valence-electron chi connectivity index (χ0n) is 11.2. The summed E-state index contributed by atoms with van der Waals surface area (Å²) in [5, 5.41) is 0. The van der Waals surface area contributed by atoms with Crippen LogP contribution >= 0.6 is 24.0 Å². The molecule has 2 saturated heterocycles. The highest BCUT2D eigenvalue weighted by Gasteiger charge is 2.41. The second kappa shape index (κ2) is 5.85. The maximum absolute atomic E-state index is 12.4. The van der Waals surface area contributed by atoms with E-state index in [1.54, 1.807) is 20.4 Å². The van der Waals surface area contributed by atoms with Gasteiger partial charge in [-0.15, -0.1) is 0 Å². The van der Waals surface area contributed by atoms with E-state index in [4.69, 9.17) is 18.0 Å². The lowest BCUT2D eigenvalue weighted by atomic mass is 9.97. The Balaban J connectivity index is 2.05. The molecule has 0 aromatic heterocycles. The molecule has 19 heavy (non-hydrogen) atoms. The molecule has 2 N–H and O–H groups in total. The van der Waals surface area contributed by atoms with Gasteiger partial charge in [-0.3, -0.25) is 0 Å². The van der Waals surface area contributed by atoms with Gasteiger partial charge in [-0.1, -0.05) is 12.2 Å². The lowest BCUT2D eigenvalue weighted by Crippen LogP contribution is -2.53. The number of nitrogens with two attached hydrogens (primary N) is 1. The van der Waals surface area contributed by atoms with Crippen molar-refractivity contribution in [3.63, 3.8) is 0 Å². The SMILES string of the molecule is CSC1(C(N)=S)CCN(S(=O)(=O)N2CCCC2)CC1. The van der Waals surface area contributed by atoms with E-state index >= 15 is 0 Å². The second-order valence-electron chi connectivity index (χ2n) is 5.08. The Labute approximate surface area is 125 Å². The van der Waals surface area contributed by atoms with Crippen LogP contribution in [0, 0.1) is 0 Å². The topological polar surface area (TPSA) is 66.6 Å². The summed E-state index contributed by atoms with van der Waals surface area (Å²) in [6.45, 7) is 2.33. The zero-order valence-corrected chi connectivity index (χ0v) is 13.6. The minimum absolute atomic E-state index is 0.230. The van der Waals surface area contributed by atoms with Crippen molar-refractivity contribution in [2.75, 3.05) is 32.4 Å². The molecule has 0 amide bonds. The normalized spacial score (nSPS) is 25.5. The number of hydrogen-bond acceptors (Lipinski definition) is 4. The Bertz CT molecular complexity index is 438. The molecule has 8 heteroatoms. The van der Waals surface area contributed by atoms with Gasteiger partial charge in [0.1, 0.15) is 0 Å². The summed E-state index contributed by atoms with van der Waals surface area (Å²) < 4.78 is 27.8. The molecule has 2 aliphatic rings. The molecule has 0 saturated carbocycles. The predicted octanol–water partition coefficient (Wildman–Crippen LogP) is 0.811. The first-order valence-electron chi connectivity index (χ1n) is 6.53. The van der Waals surface area contributed by atoms with Crippen molar-refractivity contribution in [1.29, 1.82) is 0 Å². The number of piperidine rings is 1. The fourth-order valence-corrected chi connectivity index (χ4v) is 5.65. The average molecular weight is 324 g/mol. The molecule has 0 radical (unpaired) electrons. The Morgan fingerprint density at radius 2 is 1.63 bits per heavy atom. The van der Waals surface area contributed by atoms with Crippen molar-refractivity contribution in [2.24, 2.45) is 5.73 Å². The van der Waals surface area contributed by atoms with Crippen LogP contribution in [0.2, 0.25) is 0 Å². The standard InChI is InChI=1S/C11H21N3O2S3/c1-18-11(10(12)17)4-8-14(9-5-11)19(15,16)13-6-2-3-7-13/h2-9H2,1H3,(H2,12,17). The average Bonchev–Trinajstić information content (AvgIpc) is 2.93. The van der Waals surface area contributed by atoms with Gasteiger partial charge in [0.25, 0.3) is 10.2 Å². The molecule has 0 unspecified atom stereocenters. The van der Waals surface area contributed by atoms with Gasteiger partial charge in [0.15, 0.2) is 0 Å². The fraction of sp³-hybridized carbons (Fsp3) is 0.909. The summed E-state index contributed by atoms with van der Waals surface area (Å²) in [6.07, 6.45) is 5.33. The van der Waals surface area contributed by atoms with E-state index in [0.29, 0.717) is 44.0 Å². The van der Waals surface area contributed by atoms with Gasteiger partial charge >= 0.3 is 0 Å². The third kappa shape index (κ3) is 2.92. The van der Waals surface area contributed by atoms with Crippen molar-refractivity contribution in [3.05, 3.63) is 0 Å². The molecule has 2 aliphatic heterocycles. The highest BCUT2D eigenvalue weighted by Crippen LogP contribution is 2.36. The number of rotatable bonds is 4. The molecule has 0 spiro atoms. The number of thiocarbonyl (C=S) groups is 1. The molecule has 2 heterocycles. The van der Waals surface area contributed by atoms with Gasteiger partial charge in [0.2, 0.25) is 0 Å². The number of nitrogens with zero attached hydrogens (tertiary/aromatic N) is 2. The van der Waals surface area contributed by atoms with Crippen LogP contribution in [0.5, 0.6) is 0 Å². The molecule has 0 aliphatic carbocycles. The third-order valence-corrected chi connectivity index (χ3v) is 8.05. The summed E-state index contributed by atoms with van der Waals surface area (Å²) in [5.74, 6) is 0. The van der Waals surface area contributed by atoms with Crippen molar-refractivity contribution in [1.82, 2.24) is 8.61 Å². The summed E-state index contributed by atoms with van der Waals surface area (Å²) in [6, 6.07) is 0. The Morgan fingerprint density at radius 1 is 1.16 bits per heavy atom. The molecular formula is C11H21N3O2S3. The second-order valence-corrected chi connectivity index (χ2v) is 8.63. The molecular weight excluding hydrogens is 302 g/mol. The highest BCUT2D eigenvalue weighted by atomic mass is 32.2. The molecule has 110 valence electrons. The lowest BCUT2D eigenvalue weighted by molar-refractivity contribution is 0.306. The number of hydrogen-bond donors (Lipinski definition) is 1. The molecule has 0 bridgehead atoms. The first-order chi connectivity index (χ1) is 8.92. The van der Waals surface area contributed by atoms with E-state index in [2.05, 4.69) is 0 Å². The van der Waals surface area contributed by atoms with E-state index < -0.39 is 10.2 Å². The first-order valence-corrected chi connectivity index (χ1v) is 9.56. The highest BCUT2D eigenvalue weighted by molar-refractivity contribution is 8.02. The Hall–Kier alpha value is 0.110. The van der Waals surface area contributed by atoms with Gasteiger partial charge in [-0.2, -0.15) is 28.8 Å². The minimum atomic E-state index is -3.27. The summed E-state index contributed by atoms with van der Waals surface area (Å²) >= 11 is 6.79. The lowest BCUT2D eigenvalue weighted by Gasteiger charge is -2.40. The number of thioether (sulfide) groups is 1. The summed E-state index contributed by atoms with van der Waals surface area (Å²) in [4.78, 5) is 0.498. The van der Waals surface area contributed by atoms with Crippen molar-refractivity contribution < 1.29 is 8.42 Å². The van der Waals surface area contributed by atoms with Crippen LogP contribution in [0.15, 0.2) is 0 Å². The van der Waals surface area contributed by atoms with Gasteiger partial charge in [0, 0.05) is 26.2 Å². The van der Waals surface area contributed by atoms with Gasteiger partial charge < -0.3 is 5.73 Å². The molecule has 5 nitrogen and oxygen atoms in total. The van der Waals surface area contributed by atoms with E-state index in [0.717, 1.165) is 12.8 Å². The van der Waals surface area contributed by atoms with Crippen LogP contribution in [0.3, 0.4) is 0 Å². The van der Waals surface area contributed by atoms with Crippen LogP contribution in [0.4, 0.5) is 0 Å². The largest absolute Gasteiger partial charge is 0.392 e. The maximum atomic E-state index is 12.4. The van der Waals surface area contributed by atoms with Gasteiger partial charge in [-0.05, 0) is 31.9 Å². The third-order valence-electron chi connectivity index (χ3n) is 4.09. The molecule has 2 fully saturated rings. The van der Waals surface area contributed by atoms with Crippen LogP contribution in [-0.2, 0) is 10.2 Å². The molecule has 0 atom stereocenters. The quantitative estimate of drug-likeness (QED) is 0.776. The summed E-state index contributed by atoms with van der Waals surface area (Å²) in [7, 11) is -3.27. The Morgan fingerprint density at radius 3 is 2.05 bits per heavy atom. The molecule has 0 aromatic carbocycles. The summed E-state index contributed by atoms with van der Waals surface area (Å²) in [5.41, 5.74) is 5.82. The van der Waals surface area contributed by atoms with Crippen LogP contribution in [0.25, 0.3) is 0 Å². The first kappa shape index (κ1) is 15.5. The van der Waals surface area contributed by atoms with E-state index in [9.17, 15) is 8.42 Å².